The van der Waals surface area contributed by atoms with Crippen LogP contribution in [0.1, 0.15) is 39.3 Å². The molecule has 0 amide bonds. The minimum Gasteiger partial charge on any atom is -0.311 e. The zero-order valence-corrected chi connectivity index (χ0v) is 14.1. The largest absolute Gasteiger partial charge is 0.311 e. The SMILES string of the molecule is CCN(CC)C(C)(C)C(NC)c1cccc2ccsc12. The third-order valence-corrected chi connectivity index (χ3v) is 5.37. The lowest BCUT2D eigenvalue weighted by atomic mass is 9.86. The number of thiophene rings is 1. The van der Waals surface area contributed by atoms with Gasteiger partial charge in [-0.05, 0) is 56.4 Å². The lowest BCUT2D eigenvalue weighted by Gasteiger charge is -2.43. The molecule has 1 unspecified atom stereocenters. The summed E-state index contributed by atoms with van der Waals surface area (Å²) in [6.45, 7) is 11.3. The minimum absolute atomic E-state index is 0.0799. The molecule has 1 N–H and O–H groups in total. The van der Waals surface area contributed by atoms with Crippen LogP contribution >= 0.6 is 11.3 Å². The van der Waals surface area contributed by atoms with Crippen molar-refractivity contribution >= 4 is 21.4 Å². The molecule has 0 saturated carbocycles. The van der Waals surface area contributed by atoms with E-state index in [1.54, 1.807) is 0 Å². The van der Waals surface area contributed by atoms with Gasteiger partial charge in [0.2, 0.25) is 0 Å². The highest BCUT2D eigenvalue weighted by atomic mass is 32.1. The first-order valence-corrected chi connectivity index (χ1v) is 8.32. The molecule has 0 saturated heterocycles. The zero-order chi connectivity index (χ0) is 14.8. The van der Waals surface area contributed by atoms with E-state index in [4.69, 9.17) is 0 Å². The van der Waals surface area contributed by atoms with Crippen LogP contribution < -0.4 is 5.32 Å². The number of rotatable bonds is 6. The molecule has 20 heavy (non-hydrogen) atoms. The molecule has 110 valence electrons. The average molecular weight is 290 g/mol. The van der Waals surface area contributed by atoms with Crippen molar-refractivity contribution in [2.75, 3.05) is 20.1 Å². The first-order chi connectivity index (χ1) is 9.56. The highest BCUT2D eigenvalue weighted by Crippen LogP contribution is 2.36. The molecule has 0 spiro atoms. The molecule has 1 aromatic carbocycles. The van der Waals surface area contributed by atoms with Crippen molar-refractivity contribution in [3.8, 4) is 0 Å². The second-order valence-corrected chi connectivity index (χ2v) is 6.65. The highest BCUT2D eigenvalue weighted by Gasteiger charge is 2.35. The van der Waals surface area contributed by atoms with E-state index in [-0.39, 0.29) is 5.54 Å². The van der Waals surface area contributed by atoms with Gasteiger partial charge in [0.05, 0.1) is 6.04 Å². The van der Waals surface area contributed by atoms with Gasteiger partial charge in [-0.3, -0.25) is 4.90 Å². The normalized spacial score (nSPS) is 14.1. The molecule has 0 aliphatic heterocycles. The number of fused-ring (bicyclic) bond motifs is 1. The summed E-state index contributed by atoms with van der Waals surface area (Å²) in [6, 6.07) is 9.18. The van der Waals surface area contributed by atoms with Gasteiger partial charge >= 0.3 is 0 Å². The Kier molecular flexibility index (Phi) is 4.84. The number of hydrogen-bond donors (Lipinski definition) is 1. The van der Waals surface area contributed by atoms with Gasteiger partial charge < -0.3 is 5.32 Å². The molecule has 1 heterocycles. The van der Waals surface area contributed by atoms with Crippen molar-refractivity contribution in [2.45, 2.75) is 39.3 Å². The molecule has 3 heteroatoms. The van der Waals surface area contributed by atoms with Gasteiger partial charge in [0.15, 0.2) is 0 Å². The lowest BCUT2D eigenvalue weighted by Crippen LogP contribution is -2.51. The number of likely N-dealkylation sites (N-methyl/N-ethyl adjacent to an activating group) is 2. The molecule has 0 radical (unpaired) electrons. The third kappa shape index (κ3) is 2.62. The minimum atomic E-state index is 0.0799. The molecule has 1 aromatic heterocycles. The summed E-state index contributed by atoms with van der Waals surface area (Å²) in [5.41, 5.74) is 1.49. The zero-order valence-electron chi connectivity index (χ0n) is 13.2. The molecule has 2 nitrogen and oxygen atoms in total. The molecular formula is C17H26N2S. The van der Waals surface area contributed by atoms with Crippen molar-refractivity contribution in [1.82, 2.24) is 10.2 Å². The van der Waals surface area contributed by atoms with E-state index < -0.39 is 0 Å². The van der Waals surface area contributed by atoms with Crippen LogP contribution in [0.4, 0.5) is 0 Å². The standard InChI is InChI=1S/C17H26N2S/c1-6-19(7-2)17(3,4)16(18-5)14-10-8-9-13-11-12-20-15(13)14/h8-12,16,18H,6-7H2,1-5H3. The molecular weight excluding hydrogens is 264 g/mol. The topological polar surface area (TPSA) is 15.3 Å². The van der Waals surface area contributed by atoms with Crippen LogP contribution in [0.15, 0.2) is 29.6 Å². The summed E-state index contributed by atoms with van der Waals surface area (Å²) < 4.78 is 1.41. The van der Waals surface area contributed by atoms with Crippen molar-refractivity contribution in [3.63, 3.8) is 0 Å². The van der Waals surface area contributed by atoms with Crippen LogP contribution in [-0.4, -0.2) is 30.6 Å². The maximum absolute atomic E-state index is 3.55. The molecule has 0 aliphatic carbocycles. The Bertz CT molecular complexity index is 555. The van der Waals surface area contributed by atoms with Crippen molar-refractivity contribution in [2.24, 2.45) is 0 Å². The Labute approximate surface area is 126 Å². The highest BCUT2D eigenvalue weighted by molar-refractivity contribution is 7.17. The van der Waals surface area contributed by atoms with Gasteiger partial charge in [-0.1, -0.05) is 32.0 Å². The van der Waals surface area contributed by atoms with E-state index in [2.05, 4.69) is 74.6 Å². The Hall–Kier alpha value is -0.900. The Morgan fingerprint density at radius 3 is 2.50 bits per heavy atom. The fraction of sp³-hybridized carbons (Fsp3) is 0.529. The summed E-state index contributed by atoms with van der Waals surface area (Å²) in [7, 11) is 2.07. The Balaban J connectivity index is 2.49. The van der Waals surface area contributed by atoms with Gasteiger partial charge in [-0.25, -0.2) is 0 Å². The van der Waals surface area contributed by atoms with Crippen LogP contribution in [0, 0.1) is 0 Å². The smallest absolute Gasteiger partial charge is 0.0513 e. The average Bonchev–Trinajstić information content (AvgIpc) is 2.89. The van der Waals surface area contributed by atoms with E-state index in [0.29, 0.717) is 6.04 Å². The summed E-state index contributed by atoms with van der Waals surface area (Å²) in [5, 5.41) is 7.09. The number of nitrogens with zero attached hydrogens (tertiary/aromatic N) is 1. The molecule has 1 atom stereocenters. The van der Waals surface area contributed by atoms with Crippen LogP contribution in [0.5, 0.6) is 0 Å². The quantitative estimate of drug-likeness (QED) is 0.854. The Morgan fingerprint density at radius 2 is 1.90 bits per heavy atom. The van der Waals surface area contributed by atoms with E-state index in [0.717, 1.165) is 13.1 Å². The summed E-state index contributed by atoms with van der Waals surface area (Å²) in [5.74, 6) is 0. The van der Waals surface area contributed by atoms with Gasteiger partial charge in [0.1, 0.15) is 0 Å². The molecule has 2 rings (SSSR count). The summed E-state index contributed by atoms with van der Waals surface area (Å²) >= 11 is 1.84. The summed E-state index contributed by atoms with van der Waals surface area (Å²) in [4.78, 5) is 2.53. The maximum Gasteiger partial charge on any atom is 0.0513 e. The van der Waals surface area contributed by atoms with E-state index in [1.165, 1.54) is 15.6 Å². The second-order valence-electron chi connectivity index (χ2n) is 5.73. The van der Waals surface area contributed by atoms with E-state index >= 15 is 0 Å². The predicted octanol–water partition coefficient (Wildman–Crippen LogP) is 4.28. The van der Waals surface area contributed by atoms with Gasteiger partial charge in [-0.15, -0.1) is 11.3 Å². The van der Waals surface area contributed by atoms with Gasteiger partial charge in [0.25, 0.3) is 0 Å². The molecule has 0 aliphatic rings. The Morgan fingerprint density at radius 1 is 1.20 bits per heavy atom. The number of nitrogens with one attached hydrogen (secondary N) is 1. The van der Waals surface area contributed by atoms with Crippen LogP contribution in [0.2, 0.25) is 0 Å². The van der Waals surface area contributed by atoms with Crippen LogP contribution in [-0.2, 0) is 0 Å². The third-order valence-electron chi connectivity index (χ3n) is 4.39. The van der Waals surface area contributed by atoms with Gasteiger partial charge in [0, 0.05) is 10.2 Å². The molecule has 0 fully saturated rings. The summed E-state index contributed by atoms with van der Waals surface area (Å²) in [6.07, 6.45) is 0. The van der Waals surface area contributed by atoms with Crippen LogP contribution in [0.3, 0.4) is 0 Å². The second kappa shape index (κ2) is 6.25. The van der Waals surface area contributed by atoms with Gasteiger partial charge in [-0.2, -0.15) is 0 Å². The predicted molar refractivity (Wildman–Crippen MR) is 90.6 cm³/mol. The van der Waals surface area contributed by atoms with E-state index in [1.807, 2.05) is 11.3 Å². The van der Waals surface area contributed by atoms with Crippen molar-refractivity contribution < 1.29 is 0 Å². The fourth-order valence-corrected chi connectivity index (χ4v) is 4.30. The fourth-order valence-electron chi connectivity index (χ4n) is 3.35. The first kappa shape index (κ1) is 15.5. The first-order valence-electron chi connectivity index (χ1n) is 7.44. The molecule has 0 bridgehead atoms. The number of hydrogen-bond acceptors (Lipinski definition) is 3. The van der Waals surface area contributed by atoms with E-state index in [9.17, 15) is 0 Å². The number of benzene rings is 1. The molecule has 2 aromatic rings. The lowest BCUT2D eigenvalue weighted by molar-refractivity contribution is 0.0950. The maximum atomic E-state index is 3.55. The monoisotopic (exact) mass is 290 g/mol. The van der Waals surface area contributed by atoms with Crippen molar-refractivity contribution in [1.29, 1.82) is 0 Å². The van der Waals surface area contributed by atoms with Crippen LogP contribution in [0.25, 0.3) is 10.1 Å². The van der Waals surface area contributed by atoms with Crippen molar-refractivity contribution in [3.05, 3.63) is 35.2 Å².